The van der Waals surface area contributed by atoms with Gasteiger partial charge in [-0.25, -0.2) is 0 Å². The van der Waals surface area contributed by atoms with E-state index in [2.05, 4.69) is 42.5 Å². The van der Waals surface area contributed by atoms with Crippen molar-refractivity contribution in [3.63, 3.8) is 0 Å². The van der Waals surface area contributed by atoms with Gasteiger partial charge < -0.3 is 10.5 Å². The Morgan fingerprint density at radius 3 is 2.80 bits per heavy atom. The third-order valence-electron chi connectivity index (χ3n) is 4.72. The average Bonchev–Trinajstić information content (AvgIpc) is 3.12. The molecular weight excluding hydrogens is 246 g/mol. The number of para-hydroxylation sites is 1. The number of ether oxygens (including phenoxy) is 1. The Hall–Kier alpha value is -1.80. The largest absolute Gasteiger partial charge is 0.493 e. The standard InChI is InChI=1S/C18H19NO/c19-17(15-9-8-12-4-1-2-6-14(12)15)16-7-3-5-13-10-11-20-18(13)16/h1-7,15,17H,8-11,19H2. The summed E-state index contributed by atoms with van der Waals surface area (Å²) >= 11 is 0. The third-order valence-corrected chi connectivity index (χ3v) is 4.72. The maximum Gasteiger partial charge on any atom is 0.127 e. The zero-order valence-corrected chi connectivity index (χ0v) is 11.5. The second kappa shape index (κ2) is 4.64. The molecule has 2 aromatic rings. The van der Waals surface area contributed by atoms with E-state index in [-0.39, 0.29) is 6.04 Å². The fourth-order valence-electron chi connectivity index (χ4n) is 3.68. The summed E-state index contributed by atoms with van der Waals surface area (Å²) in [6.07, 6.45) is 3.30. The Bertz CT molecular complexity index is 650. The topological polar surface area (TPSA) is 35.2 Å². The molecule has 4 rings (SSSR count). The Labute approximate surface area is 119 Å². The van der Waals surface area contributed by atoms with E-state index in [1.54, 1.807) is 0 Å². The van der Waals surface area contributed by atoms with Gasteiger partial charge in [0.15, 0.2) is 0 Å². The van der Waals surface area contributed by atoms with Crippen LogP contribution in [0.2, 0.25) is 0 Å². The molecule has 0 saturated carbocycles. The molecule has 2 atom stereocenters. The SMILES string of the molecule is NC(c1cccc2c1OCC2)C1CCc2ccccc21. The molecule has 2 nitrogen and oxygen atoms in total. The molecule has 2 unspecified atom stereocenters. The molecule has 102 valence electrons. The molecule has 2 heteroatoms. The van der Waals surface area contributed by atoms with Crippen molar-refractivity contribution in [3.8, 4) is 5.75 Å². The van der Waals surface area contributed by atoms with Crippen LogP contribution in [0, 0.1) is 0 Å². The van der Waals surface area contributed by atoms with Gasteiger partial charge >= 0.3 is 0 Å². The van der Waals surface area contributed by atoms with E-state index < -0.39 is 0 Å². The predicted molar refractivity (Wildman–Crippen MR) is 80.1 cm³/mol. The van der Waals surface area contributed by atoms with Gasteiger partial charge in [-0.1, -0.05) is 42.5 Å². The molecule has 1 aliphatic heterocycles. The Morgan fingerprint density at radius 2 is 1.85 bits per heavy atom. The highest BCUT2D eigenvalue weighted by Crippen LogP contribution is 2.44. The van der Waals surface area contributed by atoms with Gasteiger partial charge in [-0.2, -0.15) is 0 Å². The zero-order valence-electron chi connectivity index (χ0n) is 11.5. The summed E-state index contributed by atoms with van der Waals surface area (Å²) in [6.45, 7) is 0.792. The lowest BCUT2D eigenvalue weighted by molar-refractivity contribution is 0.349. The monoisotopic (exact) mass is 265 g/mol. The molecule has 2 N–H and O–H groups in total. The first-order chi connectivity index (χ1) is 9.84. The van der Waals surface area contributed by atoms with Gasteiger partial charge in [-0.3, -0.25) is 0 Å². The molecule has 2 aromatic carbocycles. The van der Waals surface area contributed by atoms with E-state index in [9.17, 15) is 0 Å². The molecule has 20 heavy (non-hydrogen) atoms. The van der Waals surface area contributed by atoms with Gasteiger partial charge in [-0.15, -0.1) is 0 Å². The average molecular weight is 265 g/mol. The van der Waals surface area contributed by atoms with Crippen LogP contribution in [0.5, 0.6) is 5.75 Å². The second-order valence-electron chi connectivity index (χ2n) is 5.80. The normalized spacial score (nSPS) is 21.1. The minimum absolute atomic E-state index is 0.0340. The van der Waals surface area contributed by atoms with Crippen LogP contribution in [0.3, 0.4) is 0 Å². The molecule has 1 heterocycles. The molecule has 0 aromatic heterocycles. The highest BCUT2D eigenvalue weighted by atomic mass is 16.5. The van der Waals surface area contributed by atoms with Gasteiger partial charge in [-0.05, 0) is 29.5 Å². The first-order valence-electron chi connectivity index (χ1n) is 7.42. The summed E-state index contributed by atoms with van der Waals surface area (Å²) in [6, 6.07) is 15.1. The number of aryl methyl sites for hydroxylation is 1. The summed E-state index contributed by atoms with van der Waals surface area (Å²) in [5.74, 6) is 1.46. The molecule has 0 amide bonds. The van der Waals surface area contributed by atoms with E-state index in [1.807, 2.05) is 0 Å². The van der Waals surface area contributed by atoms with Crippen LogP contribution < -0.4 is 10.5 Å². The summed E-state index contributed by atoms with van der Waals surface area (Å²) in [5, 5.41) is 0. The predicted octanol–water partition coefficient (Wildman–Crippen LogP) is 3.35. The van der Waals surface area contributed by atoms with Gasteiger partial charge in [0.25, 0.3) is 0 Å². The minimum Gasteiger partial charge on any atom is -0.493 e. The van der Waals surface area contributed by atoms with Gasteiger partial charge in [0.2, 0.25) is 0 Å². The molecule has 0 fully saturated rings. The first-order valence-corrected chi connectivity index (χ1v) is 7.42. The van der Waals surface area contributed by atoms with Crippen LogP contribution in [0.25, 0.3) is 0 Å². The fourth-order valence-corrected chi connectivity index (χ4v) is 3.68. The van der Waals surface area contributed by atoms with Gasteiger partial charge in [0.05, 0.1) is 6.61 Å². The highest BCUT2D eigenvalue weighted by molar-refractivity contribution is 5.48. The van der Waals surface area contributed by atoms with E-state index in [1.165, 1.54) is 22.3 Å². The maximum atomic E-state index is 6.61. The molecule has 0 bridgehead atoms. The quantitative estimate of drug-likeness (QED) is 0.903. The van der Waals surface area contributed by atoms with Crippen molar-refractivity contribution >= 4 is 0 Å². The van der Waals surface area contributed by atoms with Crippen LogP contribution in [-0.4, -0.2) is 6.61 Å². The van der Waals surface area contributed by atoms with Crippen LogP contribution >= 0.6 is 0 Å². The highest BCUT2D eigenvalue weighted by Gasteiger charge is 2.31. The molecule has 0 radical (unpaired) electrons. The Balaban J connectivity index is 1.73. The van der Waals surface area contributed by atoms with Crippen LogP contribution in [-0.2, 0) is 12.8 Å². The number of nitrogens with two attached hydrogens (primary N) is 1. The summed E-state index contributed by atoms with van der Waals surface area (Å²) in [7, 11) is 0. The van der Waals surface area contributed by atoms with Crippen LogP contribution in [0.1, 0.15) is 40.6 Å². The Kier molecular flexibility index (Phi) is 2.78. The van der Waals surface area contributed by atoms with Crippen molar-refractivity contribution in [2.75, 3.05) is 6.61 Å². The van der Waals surface area contributed by atoms with Crippen LogP contribution in [0.4, 0.5) is 0 Å². The van der Waals surface area contributed by atoms with Crippen molar-refractivity contribution in [3.05, 3.63) is 64.7 Å². The van der Waals surface area contributed by atoms with Gasteiger partial charge in [0.1, 0.15) is 5.75 Å². The van der Waals surface area contributed by atoms with Crippen molar-refractivity contribution < 1.29 is 4.74 Å². The first kappa shape index (κ1) is 12.0. The smallest absolute Gasteiger partial charge is 0.127 e. The number of fused-ring (bicyclic) bond motifs is 2. The summed E-state index contributed by atoms with van der Waals surface area (Å²) in [4.78, 5) is 0. The van der Waals surface area contributed by atoms with Crippen LogP contribution in [0.15, 0.2) is 42.5 Å². The van der Waals surface area contributed by atoms with Crippen molar-refractivity contribution in [1.29, 1.82) is 0 Å². The minimum atomic E-state index is 0.0340. The molecule has 0 saturated heterocycles. The van der Waals surface area contributed by atoms with Crippen molar-refractivity contribution in [2.24, 2.45) is 5.73 Å². The summed E-state index contributed by atoms with van der Waals surface area (Å²) < 4.78 is 5.82. The van der Waals surface area contributed by atoms with E-state index >= 15 is 0 Å². The molecule has 0 spiro atoms. The maximum absolute atomic E-state index is 6.61. The fraction of sp³-hybridized carbons (Fsp3) is 0.333. The molecular formula is C18H19NO. The second-order valence-corrected chi connectivity index (χ2v) is 5.80. The zero-order chi connectivity index (χ0) is 13.5. The third kappa shape index (κ3) is 1.75. The molecule has 1 aliphatic carbocycles. The van der Waals surface area contributed by atoms with E-state index in [0.717, 1.165) is 31.6 Å². The van der Waals surface area contributed by atoms with Crippen molar-refractivity contribution in [1.82, 2.24) is 0 Å². The number of rotatable bonds is 2. The number of benzene rings is 2. The van der Waals surface area contributed by atoms with Gasteiger partial charge in [0, 0.05) is 23.9 Å². The Morgan fingerprint density at radius 1 is 1.00 bits per heavy atom. The lowest BCUT2D eigenvalue weighted by Crippen LogP contribution is -2.19. The number of hydrogen-bond acceptors (Lipinski definition) is 2. The number of hydrogen-bond donors (Lipinski definition) is 1. The molecule has 2 aliphatic rings. The van der Waals surface area contributed by atoms with E-state index in [0.29, 0.717) is 5.92 Å². The van der Waals surface area contributed by atoms with E-state index in [4.69, 9.17) is 10.5 Å². The summed E-state index contributed by atoms with van der Waals surface area (Å²) in [5.41, 5.74) is 12.0. The lowest BCUT2D eigenvalue weighted by Gasteiger charge is -2.22. The van der Waals surface area contributed by atoms with Crippen molar-refractivity contribution in [2.45, 2.75) is 31.2 Å². The lowest BCUT2D eigenvalue weighted by atomic mass is 9.88.